The summed E-state index contributed by atoms with van der Waals surface area (Å²) in [6.45, 7) is -0.654. The van der Waals surface area contributed by atoms with Crippen LogP contribution in [0.2, 0.25) is 5.02 Å². The normalized spacial score (nSPS) is 11.7. The van der Waals surface area contributed by atoms with Gasteiger partial charge in [-0.25, -0.2) is 8.78 Å². The summed E-state index contributed by atoms with van der Waals surface area (Å²) < 4.78 is 26.4. The molecule has 0 amide bonds. The Hall–Kier alpha value is -0.870. The molecule has 2 nitrogen and oxygen atoms in total. The number of alkyl halides is 2. The van der Waals surface area contributed by atoms with Crippen molar-refractivity contribution in [3.05, 3.63) is 28.8 Å². The highest BCUT2D eigenvalue weighted by Crippen LogP contribution is 2.40. The van der Waals surface area contributed by atoms with Crippen LogP contribution < -0.4 is 0 Å². The molecule has 78 valence electrons. The first-order valence-corrected chi connectivity index (χ1v) is 4.33. The van der Waals surface area contributed by atoms with E-state index >= 15 is 0 Å². The lowest BCUT2D eigenvalue weighted by atomic mass is 10.0. The van der Waals surface area contributed by atoms with Crippen LogP contribution in [0.15, 0.2) is 18.2 Å². The zero-order valence-corrected chi connectivity index (χ0v) is 7.93. The molecule has 0 aliphatic carbocycles. The van der Waals surface area contributed by atoms with Crippen LogP contribution in [-0.4, -0.2) is 16.8 Å². The Morgan fingerprint density at radius 3 is 2.57 bits per heavy atom. The van der Waals surface area contributed by atoms with Crippen LogP contribution in [0.3, 0.4) is 0 Å². The molecule has 0 saturated carbocycles. The van der Waals surface area contributed by atoms with E-state index in [1.165, 1.54) is 12.1 Å². The van der Waals surface area contributed by atoms with Crippen LogP contribution in [0.5, 0.6) is 5.75 Å². The monoisotopic (exact) mass is 222 g/mol. The molecule has 0 spiro atoms. The smallest absolute Gasteiger partial charge is 0.279 e. The van der Waals surface area contributed by atoms with E-state index in [2.05, 4.69) is 0 Å². The Labute approximate surface area is 84.7 Å². The van der Waals surface area contributed by atoms with Gasteiger partial charge in [-0.1, -0.05) is 17.7 Å². The van der Waals surface area contributed by atoms with Crippen molar-refractivity contribution in [3.63, 3.8) is 0 Å². The molecule has 1 aromatic carbocycles. The molecule has 0 aliphatic rings. The van der Waals surface area contributed by atoms with Gasteiger partial charge in [-0.2, -0.15) is 0 Å². The van der Waals surface area contributed by atoms with Gasteiger partial charge < -0.3 is 10.2 Å². The van der Waals surface area contributed by atoms with Crippen molar-refractivity contribution >= 4 is 11.6 Å². The van der Waals surface area contributed by atoms with E-state index in [4.69, 9.17) is 16.7 Å². The second-order valence-electron chi connectivity index (χ2n) is 2.81. The Morgan fingerprint density at radius 1 is 1.36 bits per heavy atom. The molecule has 0 aliphatic heterocycles. The highest BCUT2D eigenvalue weighted by Gasteiger charge is 2.34. The first-order chi connectivity index (χ1) is 6.49. The van der Waals surface area contributed by atoms with Crippen molar-refractivity contribution in [3.8, 4) is 5.75 Å². The summed E-state index contributed by atoms with van der Waals surface area (Å²) >= 11 is 5.47. The highest BCUT2D eigenvalue weighted by molar-refractivity contribution is 6.32. The van der Waals surface area contributed by atoms with Crippen molar-refractivity contribution in [2.75, 3.05) is 6.61 Å². The number of rotatable bonds is 3. The van der Waals surface area contributed by atoms with Gasteiger partial charge in [0.2, 0.25) is 0 Å². The predicted molar refractivity (Wildman–Crippen MR) is 48.7 cm³/mol. The lowest BCUT2D eigenvalue weighted by molar-refractivity contribution is -0.0287. The van der Waals surface area contributed by atoms with Crippen LogP contribution in [0, 0.1) is 0 Å². The van der Waals surface area contributed by atoms with Gasteiger partial charge in [0, 0.05) is 13.0 Å². The number of hydrogen-bond acceptors (Lipinski definition) is 2. The van der Waals surface area contributed by atoms with Crippen molar-refractivity contribution in [1.82, 2.24) is 0 Å². The SMILES string of the molecule is OCCC(F)(F)c1cccc(Cl)c1O. The first-order valence-electron chi connectivity index (χ1n) is 3.95. The minimum absolute atomic E-state index is 0.125. The molecule has 0 fully saturated rings. The average molecular weight is 223 g/mol. The van der Waals surface area contributed by atoms with Crippen LogP contribution in [-0.2, 0) is 5.92 Å². The number of aliphatic hydroxyl groups excluding tert-OH is 1. The minimum atomic E-state index is -3.26. The van der Waals surface area contributed by atoms with Gasteiger partial charge in [0.15, 0.2) is 0 Å². The molecule has 14 heavy (non-hydrogen) atoms. The molecule has 0 aromatic heterocycles. The molecule has 1 aromatic rings. The van der Waals surface area contributed by atoms with E-state index < -0.39 is 30.3 Å². The number of aromatic hydroxyl groups is 1. The summed E-state index contributed by atoms with van der Waals surface area (Å²) in [5, 5.41) is 17.6. The fourth-order valence-corrected chi connectivity index (χ4v) is 1.26. The van der Waals surface area contributed by atoms with Gasteiger partial charge in [0.25, 0.3) is 5.92 Å². The fourth-order valence-electron chi connectivity index (χ4n) is 1.09. The lowest BCUT2D eigenvalue weighted by Gasteiger charge is -2.16. The second kappa shape index (κ2) is 4.11. The van der Waals surface area contributed by atoms with E-state index in [0.717, 1.165) is 6.07 Å². The number of hydrogen-bond donors (Lipinski definition) is 2. The van der Waals surface area contributed by atoms with E-state index in [-0.39, 0.29) is 5.02 Å². The number of phenolic OH excluding ortho intramolecular Hbond substituents is 1. The molecular formula is C9H9ClF2O2. The van der Waals surface area contributed by atoms with Crippen LogP contribution >= 0.6 is 11.6 Å². The Morgan fingerprint density at radius 2 is 2.00 bits per heavy atom. The predicted octanol–water partition coefficient (Wildman–Crippen LogP) is 2.52. The maximum Gasteiger partial charge on any atom is 0.279 e. The molecule has 5 heteroatoms. The summed E-state index contributed by atoms with van der Waals surface area (Å²) in [6.07, 6.45) is -0.735. The average Bonchev–Trinajstić information content (AvgIpc) is 2.09. The molecule has 0 radical (unpaired) electrons. The van der Waals surface area contributed by atoms with Gasteiger partial charge in [-0.3, -0.25) is 0 Å². The first kappa shape index (κ1) is 11.2. The lowest BCUT2D eigenvalue weighted by Crippen LogP contribution is -2.15. The van der Waals surface area contributed by atoms with Crippen LogP contribution in [0.1, 0.15) is 12.0 Å². The molecule has 0 heterocycles. The van der Waals surface area contributed by atoms with Crippen molar-refractivity contribution in [1.29, 1.82) is 0 Å². The number of benzene rings is 1. The van der Waals surface area contributed by atoms with Gasteiger partial charge in [-0.15, -0.1) is 0 Å². The molecule has 2 N–H and O–H groups in total. The molecule has 0 saturated heterocycles. The molecule has 0 bridgehead atoms. The standard InChI is InChI=1S/C9H9ClF2O2/c10-7-3-1-2-6(8(7)14)9(11,12)4-5-13/h1-3,13-14H,4-5H2. The Bertz CT molecular complexity index is 329. The molecule has 1 rings (SSSR count). The van der Waals surface area contributed by atoms with E-state index in [1.54, 1.807) is 0 Å². The number of halogens is 3. The summed E-state index contributed by atoms with van der Waals surface area (Å²) in [4.78, 5) is 0. The van der Waals surface area contributed by atoms with Crippen LogP contribution in [0.4, 0.5) is 8.78 Å². The van der Waals surface area contributed by atoms with E-state index in [1.807, 2.05) is 0 Å². The zero-order valence-electron chi connectivity index (χ0n) is 7.17. The summed E-state index contributed by atoms with van der Waals surface area (Å²) in [5.74, 6) is -3.89. The van der Waals surface area contributed by atoms with Crippen molar-refractivity contribution in [2.45, 2.75) is 12.3 Å². The quantitative estimate of drug-likeness (QED) is 0.825. The number of para-hydroxylation sites is 1. The van der Waals surface area contributed by atoms with Gasteiger partial charge in [0.1, 0.15) is 5.75 Å². The van der Waals surface area contributed by atoms with E-state index in [0.29, 0.717) is 0 Å². The number of aliphatic hydroxyl groups is 1. The van der Waals surface area contributed by atoms with Crippen molar-refractivity contribution < 1.29 is 19.0 Å². The maximum absolute atomic E-state index is 13.2. The summed E-state index contributed by atoms with van der Waals surface area (Å²) in [7, 11) is 0. The summed E-state index contributed by atoms with van der Waals surface area (Å²) in [5.41, 5.74) is -0.556. The summed E-state index contributed by atoms with van der Waals surface area (Å²) in [6, 6.07) is 3.72. The second-order valence-corrected chi connectivity index (χ2v) is 3.22. The fraction of sp³-hybridized carbons (Fsp3) is 0.333. The molecule has 0 atom stereocenters. The highest BCUT2D eigenvalue weighted by atomic mass is 35.5. The van der Waals surface area contributed by atoms with Gasteiger partial charge in [-0.05, 0) is 12.1 Å². The Balaban J connectivity index is 3.12. The maximum atomic E-state index is 13.2. The largest absolute Gasteiger partial charge is 0.506 e. The third kappa shape index (κ3) is 2.13. The topological polar surface area (TPSA) is 40.5 Å². The van der Waals surface area contributed by atoms with Gasteiger partial charge >= 0.3 is 0 Å². The number of phenols is 1. The van der Waals surface area contributed by atoms with Crippen molar-refractivity contribution in [2.24, 2.45) is 0 Å². The van der Waals surface area contributed by atoms with Crippen LogP contribution in [0.25, 0.3) is 0 Å². The molecule has 0 unspecified atom stereocenters. The zero-order chi connectivity index (χ0) is 10.8. The van der Waals surface area contributed by atoms with E-state index in [9.17, 15) is 13.9 Å². The minimum Gasteiger partial charge on any atom is -0.506 e. The molecular weight excluding hydrogens is 214 g/mol. The Kier molecular flexibility index (Phi) is 3.29. The third-order valence-corrected chi connectivity index (χ3v) is 2.11. The van der Waals surface area contributed by atoms with Gasteiger partial charge in [0.05, 0.1) is 10.6 Å². The third-order valence-electron chi connectivity index (χ3n) is 1.81.